The third-order valence-corrected chi connectivity index (χ3v) is 3.18. The van der Waals surface area contributed by atoms with Crippen molar-refractivity contribution in [3.8, 4) is 5.75 Å². The molecule has 0 aliphatic carbocycles. The van der Waals surface area contributed by atoms with E-state index in [1.165, 1.54) is 6.20 Å². The minimum absolute atomic E-state index is 0.108. The maximum absolute atomic E-state index is 12.2. The number of ether oxygens (including phenoxy) is 1. The van der Waals surface area contributed by atoms with Gasteiger partial charge in [0.1, 0.15) is 11.5 Å². The van der Waals surface area contributed by atoms with Crippen LogP contribution in [0.5, 0.6) is 5.75 Å². The lowest BCUT2D eigenvalue weighted by molar-refractivity contribution is -0.139. The van der Waals surface area contributed by atoms with E-state index in [-0.39, 0.29) is 5.76 Å². The van der Waals surface area contributed by atoms with Gasteiger partial charge in [0.25, 0.3) is 0 Å². The summed E-state index contributed by atoms with van der Waals surface area (Å²) in [5.41, 5.74) is 1.80. The highest BCUT2D eigenvalue weighted by molar-refractivity contribution is 5.73. The average molecular weight is 314 g/mol. The van der Waals surface area contributed by atoms with Crippen molar-refractivity contribution in [1.29, 1.82) is 0 Å². The molecule has 4 nitrogen and oxygen atoms in total. The molecule has 0 saturated heterocycles. The minimum Gasteiger partial charge on any atom is -0.508 e. The van der Waals surface area contributed by atoms with Crippen molar-refractivity contribution in [3.63, 3.8) is 0 Å². The van der Waals surface area contributed by atoms with Crippen LogP contribution < -0.4 is 4.74 Å². The summed E-state index contributed by atoms with van der Waals surface area (Å²) in [6.45, 7) is 4.98. The fourth-order valence-corrected chi connectivity index (χ4v) is 2.18. The molecular weight excluding hydrogens is 297 g/mol. The van der Waals surface area contributed by atoms with Crippen LogP contribution in [-0.4, -0.2) is 27.5 Å². The van der Waals surface area contributed by atoms with Crippen molar-refractivity contribution in [1.82, 2.24) is 9.61 Å². The van der Waals surface area contributed by atoms with Crippen molar-refractivity contribution < 1.29 is 23.0 Å². The van der Waals surface area contributed by atoms with Crippen LogP contribution in [0.25, 0.3) is 11.3 Å². The van der Waals surface area contributed by atoms with Crippen LogP contribution in [0.15, 0.2) is 24.9 Å². The van der Waals surface area contributed by atoms with Gasteiger partial charge in [-0.3, -0.25) is 0 Å². The number of alkyl halides is 3. The summed E-state index contributed by atoms with van der Waals surface area (Å²) >= 11 is 0. The Bertz CT molecular complexity index is 677. The lowest BCUT2D eigenvalue weighted by Gasteiger charge is -2.14. The van der Waals surface area contributed by atoms with Crippen LogP contribution in [-0.2, 0) is 6.42 Å². The SMILES string of the molecule is C=C(O)c1cnn2c(CCC)c(OCCC(F)(F)F)ccc12. The van der Waals surface area contributed by atoms with Gasteiger partial charge in [0, 0.05) is 0 Å². The molecule has 0 aliphatic heterocycles. The number of aliphatic hydroxyl groups is 1. The Morgan fingerprint density at radius 2 is 2.14 bits per heavy atom. The van der Waals surface area contributed by atoms with Gasteiger partial charge in [0.05, 0.1) is 36.0 Å². The molecule has 120 valence electrons. The first-order chi connectivity index (χ1) is 10.3. The van der Waals surface area contributed by atoms with Crippen molar-refractivity contribution in [2.24, 2.45) is 0 Å². The highest BCUT2D eigenvalue weighted by Gasteiger charge is 2.27. The Balaban J connectivity index is 2.34. The quantitative estimate of drug-likeness (QED) is 0.815. The molecule has 0 aromatic carbocycles. The third kappa shape index (κ3) is 3.52. The molecule has 7 heteroatoms. The van der Waals surface area contributed by atoms with Gasteiger partial charge in [-0.05, 0) is 18.6 Å². The van der Waals surface area contributed by atoms with Crippen LogP contribution in [0.4, 0.5) is 13.2 Å². The Hall–Kier alpha value is -2.18. The maximum atomic E-state index is 12.2. The number of hydrogen-bond acceptors (Lipinski definition) is 3. The number of hydrogen-bond donors (Lipinski definition) is 1. The molecule has 22 heavy (non-hydrogen) atoms. The van der Waals surface area contributed by atoms with Crippen molar-refractivity contribution in [3.05, 3.63) is 36.2 Å². The van der Waals surface area contributed by atoms with E-state index in [9.17, 15) is 18.3 Å². The van der Waals surface area contributed by atoms with E-state index in [0.29, 0.717) is 28.9 Å². The predicted octanol–water partition coefficient (Wildman–Crippen LogP) is 4.15. The molecule has 2 rings (SSSR count). The molecule has 0 fully saturated rings. The average Bonchev–Trinajstić information content (AvgIpc) is 2.84. The smallest absolute Gasteiger partial charge is 0.392 e. The monoisotopic (exact) mass is 314 g/mol. The summed E-state index contributed by atoms with van der Waals surface area (Å²) in [7, 11) is 0. The highest BCUT2D eigenvalue weighted by atomic mass is 19.4. The molecule has 0 spiro atoms. The molecule has 2 heterocycles. The number of nitrogens with zero attached hydrogens (tertiary/aromatic N) is 2. The molecule has 0 atom stereocenters. The lowest BCUT2D eigenvalue weighted by atomic mass is 10.1. The standard InChI is InChI=1S/C15H17F3N2O2/c1-3-4-13-14(22-8-7-15(16,17)18)6-5-12-11(10(2)21)9-19-20(12)13/h5-6,9,21H,2-4,7-8H2,1H3. The number of rotatable bonds is 6. The molecular formula is C15H17F3N2O2. The van der Waals surface area contributed by atoms with Crippen LogP contribution >= 0.6 is 0 Å². The number of aryl methyl sites for hydroxylation is 1. The number of fused-ring (bicyclic) bond motifs is 1. The molecule has 0 radical (unpaired) electrons. The minimum atomic E-state index is -4.25. The fraction of sp³-hybridized carbons (Fsp3) is 0.400. The van der Waals surface area contributed by atoms with Crippen LogP contribution in [0, 0.1) is 0 Å². The number of aliphatic hydroxyl groups excluding tert-OH is 1. The largest absolute Gasteiger partial charge is 0.508 e. The second kappa shape index (κ2) is 6.29. The van der Waals surface area contributed by atoms with Gasteiger partial charge in [0.2, 0.25) is 0 Å². The summed E-state index contributed by atoms with van der Waals surface area (Å²) in [5, 5.41) is 13.7. The normalized spacial score (nSPS) is 11.8. The third-order valence-electron chi connectivity index (χ3n) is 3.18. The maximum Gasteiger partial charge on any atom is 0.392 e. The summed E-state index contributed by atoms with van der Waals surface area (Å²) in [4.78, 5) is 0. The first-order valence-corrected chi connectivity index (χ1v) is 6.91. The first kappa shape index (κ1) is 16.2. The van der Waals surface area contributed by atoms with Crippen LogP contribution in [0.2, 0.25) is 0 Å². The molecule has 1 N–H and O–H groups in total. The van der Waals surface area contributed by atoms with Crippen molar-refractivity contribution in [2.75, 3.05) is 6.61 Å². The van der Waals surface area contributed by atoms with Gasteiger partial charge in [-0.25, -0.2) is 4.52 Å². The summed E-state index contributed by atoms with van der Waals surface area (Å²) < 4.78 is 43.5. The summed E-state index contributed by atoms with van der Waals surface area (Å²) in [6.07, 6.45) is -2.41. The Kier molecular flexibility index (Phi) is 4.63. The fourth-order valence-electron chi connectivity index (χ4n) is 2.18. The first-order valence-electron chi connectivity index (χ1n) is 6.91. The zero-order valence-corrected chi connectivity index (χ0v) is 12.2. The second-order valence-corrected chi connectivity index (χ2v) is 4.91. The van der Waals surface area contributed by atoms with E-state index in [1.807, 2.05) is 6.92 Å². The number of halogens is 3. The molecule has 2 aromatic rings. The van der Waals surface area contributed by atoms with E-state index in [0.717, 1.165) is 6.42 Å². The van der Waals surface area contributed by atoms with E-state index in [2.05, 4.69) is 11.7 Å². The van der Waals surface area contributed by atoms with Crippen LogP contribution in [0.3, 0.4) is 0 Å². The van der Waals surface area contributed by atoms with E-state index < -0.39 is 19.2 Å². The molecule has 0 saturated carbocycles. The Morgan fingerprint density at radius 1 is 1.41 bits per heavy atom. The predicted molar refractivity (Wildman–Crippen MR) is 77.0 cm³/mol. The van der Waals surface area contributed by atoms with Gasteiger partial charge >= 0.3 is 6.18 Å². The lowest BCUT2D eigenvalue weighted by Crippen LogP contribution is -2.14. The van der Waals surface area contributed by atoms with Gasteiger partial charge in [-0.2, -0.15) is 18.3 Å². The molecule has 2 aromatic heterocycles. The van der Waals surface area contributed by atoms with Gasteiger partial charge in [-0.1, -0.05) is 19.9 Å². The van der Waals surface area contributed by atoms with Gasteiger partial charge in [-0.15, -0.1) is 0 Å². The zero-order chi connectivity index (χ0) is 16.3. The van der Waals surface area contributed by atoms with Crippen LogP contribution in [0.1, 0.15) is 31.0 Å². The van der Waals surface area contributed by atoms with Gasteiger partial charge < -0.3 is 9.84 Å². The van der Waals surface area contributed by atoms with E-state index >= 15 is 0 Å². The van der Waals surface area contributed by atoms with E-state index in [4.69, 9.17) is 4.74 Å². The molecule has 0 unspecified atom stereocenters. The number of aromatic nitrogens is 2. The summed E-state index contributed by atoms with van der Waals surface area (Å²) in [6, 6.07) is 3.25. The van der Waals surface area contributed by atoms with Crippen molar-refractivity contribution in [2.45, 2.75) is 32.4 Å². The topological polar surface area (TPSA) is 46.8 Å². The molecule has 0 aliphatic rings. The Labute approximate surface area is 125 Å². The van der Waals surface area contributed by atoms with Crippen molar-refractivity contribution >= 4 is 11.3 Å². The number of pyridine rings is 1. The summed E-state index contributed by atoms with van der Waals surface area (Å²) in [5.74, 6) is 0.264. The van der Waals surface area contributed by atoms with Gasteiger partial charge in [0.15, 0.2) is 0 Å². The molecule has 0 amide bonds. The molecule has 0 bridgehead atoms. The zero-order valence-electron chi connectivity index (χ0n) is 12.2. The highest BCUT2D eigenvalue weighted by Crippen LogP contribution is 2.27. The second-order valence-electron chi connectivity index (χ2n) is 4.91. The van der Waals surface area contributed by atoms with E-state index in [1.54, 1.807) is 16.6 Å². The Morgan fingerprint density at radius 3 is 2.73 bits per heavy atom.